The molecule has 0 spiro atoms. The molecule has 0 bridgehead atoms. The summed E-state index contributed by atoms with van der Waals surface area (Å²) in [5.41, 5.74) is 4.50. The van der Waals surface area contributed by atoms with Crippen molar-refractivity contribution in [3.8, 4) is 11.5 Å². The van der Waals surface area contributed by atoms with Crippen molar-refractivity contribution in [1.82, 2.24) is 5.16 Å². The van der Waals surface area contributed by atoms with Crippen LogP contribution in [0.3, 0.4) is 0 Å². The average Bonchev–Trinajstić information content (AvgIpc) is 3.14. The number of hydrogen-bond donors (Lipinski definition) is 2. The molecule has 0 aliphatic carbocycles. The molecule has 28 heavy (non-hydrogen) atoms. The van der Waals surface area contributed by atoms with Crippen molar-refractivity contribution in [1.29, 1.82) is 0 Å². The highest BCUT2D eigenvalue weighted by atomic mass is 16.5. The van der Waals surface area contributed by atoms with Crippen LogP contribution in [0.25, 0.3) is 11.0 Å². The lowest BCUT2D eigenvalue weighted by atomic mass is 10.1. The molecule has 4 rings (SSSR count). The SMILES string of the molecule is COc1ccc(Nc2noc3c(Nc4ccc(OC)cc4)c(C)ccc23)cc1. The summed E-state index contributed by atoms with van der Waals surface area (Å²) < 4.78 is 16.1. The minimum Gasteiger partial charge on any atom is -0.497 e. The Morgan fingerprint density at radius 1 is 0.750 bits per heavy atom. The van der Waals surface area contributed by atoms with Gasteiger partial charge in [0.05, 0.1) is 25.3 Å². The topological polar surface area (TPSA) is 68.5 Å². The summed E-state index contributed by atoms with van der Waals surface area (Å²) in [6.07, 6.45) is 0. The van der Waals surface area contributed by atoms with E-state index in [1.165, 1.54) is 0 Å². The third-order valence-corrected chi connectivity index (χ3v) is 4.56. The first-order chi connectivity index (χ1) is 13.7. The van der Waals surface area contributed by atoms with Crippen LogP contribution < -0.4 is 20.1 Å². The highest BCUT2D eigenvalue weighted by Crippen LogP contribution is 2.35. The molecular weight excluding hydrogens is 354 g/mol. The molecule has 3 aromatic carbocycles. The number of aromatic nitrogens is 1. The second kappa shape index (κ2) is 7.52. The van der Waals surface area contributed by atoms with Crippen LogP contribution in [-0.2, 0) is 0 Å². The standard InChI is InChI=1S/C22H21N3O3/c1-14-4-13-19-21(20(14)23-15-5-9-17(26-2)10-6-15)28-25-22(19)24-16-7-11-18(27-3)12-8-16/h4-13,23H,1-3H3,(H,24,25). The summed E-state index contributed by atoms with van der Waals surface area (Å²) >= 11 is 0. The maximum absolute atomic E-state index is 5.67. The number of hydrogen-bond acceptors (Lipinski definition) is 6. The monoisotopic (exact) mass is 375 g/mol. The first kappa shape index (κ1) is 17.7. The van der Waals surface area contributed by atoms with E-state index in [1.807, 2.05) is 67.6 Å². The third kappa shape index (κ3) is 3.44. The molecule has 4 aromatic rings. The Hall–Kier alpha value is -3.67. The highest BCUT2D eigenvalue weighted by molar-refractivity contribution is 5.99. The maximum Gasteiger partial charge on any atom is 0.192 e. The summed E-state index contributed by atoms with van der Waals surface area (Å²) in [6.45, 7) is 2.03. The van der Waals surface area contributed by atoms with Gasteiger partial charge < -0.3 is 24.6 Å². The molecule has 142 valence electrons. The fraction of sp³-hybridized carbons (Fsp3) is 0.136. The quantitative estimate of drug-likeness (QED) is 0.454. The summed E-state index contributed by atoms with van der Waals surface area (Å²) in [6, 6.07) is 19.5. The van der Waals surface area contributed by atoms with Gasteiger partial charge in [-0.1, -0.05) is 11.2 Å². The van der Waals surface area contributed by atoms with Gasteiger partial charge in [-0.15, -0.1) is 0 Å². The number of nitrogens with one attached hydrogen (secondary N) is 2. The number of anilines is 4. The zero-order valence-electron chi connectivity index (χ0n) is 15.9. The molecule has 0 unspecified atom stereocenters. The van der Waals surface area contributed by atoms with E-state index in [1.54, 1.807) is 14.2 Å². The molecule has 1 heterocycles. The van der Waals surface area contributed by atoms with Crippen LogP contribution in [0.2, 0.25) is 0 Å². The molecule has 6 heteroatoms. The number of methoxy groups -OCH3 is 2. The Morgan fingerprint density at radius 3 is 1.89 bits per heavy atom. The van der Waals surface area contributed by atoms with Gasteiger partial charge in [0, 0.05) is 11.4 Å². The highest BCUT2D eigenvalue weighted by Gasteiger charge is 2.15. The molecule has 1 aromatic heterocycles. The Bertz CT molecular complexity index is 1090. The second-order valence-electron chi connectivity index (χ2n) is 6.37. The van der Waals surface area contributed by atoms with Crippen LogP contribution in [-0.4, -0.2) is 19.4 Å². The van der Waals surface area contributed by atoms with Crippen LogP contribution >= 0.6 is 0 Å². The number of ether oxygens (including phenoxy) is 2. The maximum atomic E-state index is 5.67. The van der Waals surface area contributed by atoms with Crippen LogP contribution in [0.15, 0.2) is 65.2 Å². The molecule has 0 fully saturated rings. The van der Waals surface area contributed by atoms with Crippen LogP contribution in [0.5, 0.6) is 11.5 Å². The lowest BCUT2D eigenvalue weighted by Gasteiger charge is -2.10. The van der Waals surface area contributed by atoms with E-state index >= 15 is 0 Å². The van der Waals surface area contributed by atoms with Crippen molar-refractivity contribution in [3.63, 3.8) is 0 Å². The van der Waals surface area contributed by atoms with E-state index in [4.69, 9.17) is 14.0 Å². The lowest BCUT2D eigenvalue weighted by molar-refractivity contribution is 0.415. The molecular formula is C22H21N3O3. The second-order valence-corrected chi connectivity index (χ2v) is 6.37. The van der Waals surface area contributed by atoms with E-state index in [0.29, 0.717) is 11.4 Å². The normalized spacial score (nSPS) is 10.7. The van der Waals surface area contributed by atoms with Crippen molar-refractivity contribution in [2.24, 2.45) is 0 Å². The molecule has 0 aliphatic heterocycles. The van der Waals surface area contributed by atoms with Gasteiger partial charge in [0.25, 0.3) is 0 Å². The number of nitrogens with zero attached hydrogens (tertiary/aromatic N) is 1. The Balaban J connectivity index is 1.65. The first-order valence-electron chi connectivity index (χ1n) is 8.89. The minimum absolute atomic E-state index is 0.665. The summed E-state index contributed by atoms with van der Waals surface area (Å²) in [4.78, 5) is 0. The van der Waals surface area contributed by atoms with Gasteiger partial charge in [-0.2, -0.15) is 0 Å². The van der Waals surface area contributed by atoms with Gasteiger partial charge in [0.15, 0.2) is 11.4 Å². The first-order valence-corrected chi connectivity index (χ1v) is 8.89. The van der Waals surface area contributed by atoms with E-state index in [-0.39, 0.29) is 0 Å². The number of fused-ring (bicyclic) bond motifs is 1. The predicted molar refractivity (Wildman–Crippen MR) is 111 cm³/mol. The molecule has 2 N–H and O–H groups in total. The van der Waals surface area contributed by atoms with Crippen LogP contribution in [0.1, 0.15) is 5.56 Å². The van der Waals surface area contributed by atoms with E-state index in [0.717, 1.165) is 39.5 Å². The van der Waals surface area contributed by atoms with Crippen molar-refractivity contribution in [2.75, 3.05) is 24.9 Å². The Labute approximate surface area is 163 Å². The van der Waals surface area contributed by atoms with Gasteiger partial charge in [0.2, 0.25) is 0 Å². The Morgan fingerprint density at radius 2 is 1.32 bits per heavy atom. The Kier molecular flexibility index (Phi) is 4.76. The number of rotatable bonds is 6. The smallest absolute Gasteiger partial charge is 0.192 e. The predicted octanol–water partition coefficient (Wildman–Crippen LogP) is 5.64. The number of benzene rings is 3. The minimum atomic E-state index is 0.665. The van der Waals surface area contributed by atoms with Gasteiger partial charge in [-0.3, -0.25) is 0 Å². The molecule has 0 aliphatic rings. The third-order valence-electron chi connectivity index (χ3n) is 4.56. The average molecular weight is 375 g/mol. The van der Waals surface area contributed by atoms with Gasteiger partial charge in [-0.05, 0) is 67.1 Å². The van der Waals surface area contributed by atoms with E-state index in [2.05, 4.69) is 15.8 Å². The molecule has 0 atom stereocenters. The zero-order chi connectivity index (χ0) is 19.5. The van der Waals surface area contributed by atoms with E-state index < -0.39 is 0 Å². The fourth-order valence-corrected chi connectivity index (χ4v) is 2.98. The van der Waals surface area contributed by atoms with Gasteiger partial charge in [0.1, 0.15) is 11.5 Å². The van der Waals surface area contributed by atoms with Crippen LogP contribution in [0.4, 0.5) is 22.9 Å². The largest absolute Gasteiger partial charge is 0.497 e. The summed E-state index contributed by atoms with van der Waals surface area (Å²) in [5, 5.41) is 11.9. The van der Waals surface area contributed by atoms with Gasteiger partial charge in [-0.25, -0.2) is 0 Å². The van der Waals surface area contributed by atoms with Crippen molar-refractivity contribution < 1.29 is 14.0 Å². The van der Waals surface area contributed by atoms with Crippen molar-refractivity contribution >= 4 is 33.8 Å². The lowest BCUT2D eigenvalue weighted by Crippen LogP contribution is -1.95. The van der Waals surface area contributed by atoms with Crippen molar-refractivity contribution in [3.05, 3.63) is 66.2 Å². The van der Waals surface area contributed by atoms with Crippen molar-refractivity contribution in [2.45, 2.75) is 6.92 Å². The molecule has 0 radical (unpaired) electrons. The van der Waals surface area contributed by atoms with Crippen LogP contribution in [0, 0.1) is 6.92 Å². The molecule has 0 amide bonds. The summed E-state index contributed by atoms with van der Waals surface area (Å²) in [7, 11) is 3.30. The van der Waals surface area contributed by atoms with Gasteiger partial charge >= 0.3 is 0 Å². The molecule has 6 nitrogen and oxygen atoms in total. The molecule has 0 saturated carbocycles. The molecule has 0 saturated heterocycles. The number of aryl methyl sites for hydroxylation is 1. The van der Waals surface area contributed by atoms with E-state index in [9.17, 15) is 0 Å². The summed E-state index contributed by atoms with van der Waals surface area (Å²) in [5.74, 6) is 2.28. The fourth-order valence-electron chi connectivity index (χ4n) is 2.98. The zero-order valence-corrected chi connectivity index (χ0v) is 15.9.